The molecule has 0 amide bonds. The second kappa shape index (κ2) is 8.45. The lowest BCUT2D eigenvalue weighted by Gasteiger charge is -2.47. The zero-order chi connectivity index (χ0) is 17.7. The van der Waals surface area contributed by atoms with Gasteiger partial charge in [0, 0.05) is 31.7 Å². The highest BCUT2D eigenvalue weighted by Crippen LogP contribution is 2.38. The average molecular weight is 344 g/mol. The zero-order valence-corrected chi connectivity index (χ0v) is 15.9. The van der Waals surface area contributed by atoms with Crippen molar-refractivity contribution in [3.8, 4) is 0 Å². The summed E-state index contributed by atoms with van der Waals surface area (Å²) >= 11 is 0. The van der Waals surface area contributed by atoms with E-state index in [0.29, 0.717) is 6.04 Å². The Morgan fingerprint density at radius 3 is 2.08 bits per heavy atom. The van der Waals surface area contributed by atoms with Gasteiger partial charge in [0.2, 0.25) is 0 Å². The third-order valence-corrected chi connectivity index (χ3v) is 5.64. The summed E-state index contributed by atoms with van der Waals surface area (Å²) in [5, 5.41) is 0. The van der Waals surface area contributed by atoms with Gasteiger partial charge in [0.05, 0.1) is 32.5 Å². The van der Waals surface area contributed by atoms with E-state index in [1.165, 1.54) is 11.1 Å². The Bertz CT molecular complexity index is 559. The third kappa shape index (κ3) is 4.14. The summed E-state index contributed by atoms with van der Waals surface area (Å²) in [6.07, 6.45) is 2.34. The van der Waals surface area contributed by atoms with Crippen LogP contribution in [-0.4, -0.2) is 67.9 Å². The van der Waals surface area contributed by atoms with Crippen molar-refractivity contribution in [2.45, 2.75) is 32.4 Å². The van der Waals surface area contributed by atoms with Crippen molar-refractivity contribution in [3.63, 3.8) is 0 Å². The summed E-state index contributed by atoms with van der Waals surface area (Å²) in [5.74, 6) is 0. The second-order valence-corrected chi connectivity index (χ2v) is 7.36. The minimum absolute atomic E-state index is 0.00264. The summed E-state index contributed by atoms with van der Waals surface area (Å²) in [7, 11) is 0. The van der Waals surface area contributed by atoms with E-state index in [0.717, 1.165) is 52.6 Å². The molecule has 1 atom stereocenters. The lowest BCUT2D eigenvalue weighted by atomic mass is 9.82. The third-order valence-electron chi connectivity index (χ3n) is 5.64. The molecule has 0 bridgehead atoms. The molecule has 4 nitrogen and oxygen atoms in total. The molecule has 2 fully saturated rings. The van der Waals surface area contributed by atoms with E-state index in [4.69, 9.17) is 9.47 Å². The van der Waals surface area contributed by atoms with Crippen molar-refractivity contribution in [1.29, 1.82) is 0 Å². The molecule has 2 aliphatic heterocycles. The SMILES string of the molecule is CC=C(C(c1ccccc1)N1CCOCC1)C(C)(C)N1CCOCC1. The highest BCUT2D eigenvalue weighted by atomic mass is 16.5. The Morgan fingerprint density at radius 2 is 1.52 bits per heavy atom. The summed E-state index contributed by atoms with van der Waals surface area (Å²) in [6, 6.07) is 11.2. The van der Waals surface area contributed by atoms with Gasteiger partial charge in [-0.1, -0.05) is 36.4 Å². The molecule has 1 aromatic carbocycles. The van der Waals surface area contributed by atoms with E-state index in [1.54, 1.807) is 0 Å². The molecule has 138 valence electrons. The fourth-order valence-corrected chi connectivity index (χ4v) is 4.21. The van der Waals surface area contributed by atoms with Gasteiger partial charge in [0.1, 0.15) is 0 Å². The number of hydrogen-bond acceptors (Lipinski definition) is 4. The summed E-state index contributed by atoms with van der Waals surface area (Å²) in [5.41, 5.74) is 2.85. The van der Waals surface area contributed by atoms with Crippen LogP contribution < -0.4 is 0 Å². The summed E-state index contributed by atoms with van der Waals surface area (Å²) in [6.45, 7) is 14.2. The maximum absolute atomic E-state index is 5.61. The maximum atomic E-state index is 5.61. The second-order valence-electron chi connectivity index (χ2n) is 7.36. The van der Waals surface area contributed by atoms with E-state index in [-0.39, 0.29) is 5.54 Å². The number of allylic oxidation sites excluding steroid dienone is 1. The lowest BCUT2D eigenvalue weighted by Crippen LogP contribution is -2.53. The Balaban J connectivity index is 1.94. The minimum atomic E-state index is -0.00264. The Kier molecular flexibility index (Phi) is 6.29. The van der Waals surface area contributed by atoms with Crippen molar-refractivity contribution < 1.29 is 9.47 Å². The minimum Gasteiger partial charge on any atom is -0.379 e. The van der Waals surface area contributed by atoms with Crippen molar-refractivity contribution in [3.05, 3.63) is 47.5 Å². The first-order valence-corrected chi connectivity index (χ1v) is 9.51. The van der Waals surface area contributed by atoms with Crippen LogP contribution in [0.25, 0.3) is 0 Å². The molecule has 0 N–H and O–H groups in total. The summed E-state index contributed by atoms with van der Waals surface area (Å²) < 4.78 is 11.2. The normalized spacial score (nSPS) is 22.8. The van der Waals surface area contributed by atoms with Crippen LogP contribution >= 0.6 is 0 Å². The first-order valence-electron chi connectivity index (χ1n) is 9.51. The van der Waals surface area contributed by atoms with Crippen LogP contribution in [0.2, 0.25) is 0 Å². The predicted octanol–water partition coefficient (Wildman–Crippen LogP) is 3.12. The van der Waals surface area contributed by atoms with Gasteiger partial charge in [-0.25, -0.2) is 0 Å². The molecule has 25 heavy (non-hydrogen) atoms. The van der Waals surface area contributed by atoms with Gasteiger partial charge in [0.15, 0.2) is 0 Å². The van der Waals surface area contributed by atoms with Crippen molar-refractivity contribution in [2.75, 3.05) is 52.6 Å². The van der Waals surface area contributed by atoms with Gasteiger partial charge in [-0.2, -0.15) is 0 Å². The molecule has 2 heterocycles. The van der Waals surface area contributed by atoms with Gasteiger partial charge in [0.25, 0.3) is 0 Å². The van der Waals surface area contributed by atoms with E-state index in [9.17, 15) is 0 Å². The Hall–Kier alpha value is -1.20. The number of benzene rings is 1. The first kappa shape index (κ1) is 18.6. The standard InChI is InChI=1S/C21H32N2O2/c1-4-19(21(2,3)23-12-16-25-17-13-23)20(18-8-6-5-7-9-18)22-10-14-24-15-11-22/h4-9,20H,10-17H2,1-3H3. The smallest absolute Gasteiger partial charge is 0.0594 e. The fraction of sp³-hybridized carbons (Fsp3) is 0.619. The van der Waals surface area contributed by atoms with Crippen LogP contribution in [0.3, 0.4) is 0 Å². The van der Waals surface area contributed by atoms with Gasteiger partial charge in [-0.3, -0.25) is 9.80 Å². The van der Waals surface area contributed by atoms with Crippen molar-refractivity contribution >= 4 is 0 Å². The van der Waals surface area contributed by atoms with Crippen molar-refractivity contribution in [2.24, 2.45) is 0 Å². The van der Waals surface area contributed by atoms with Gasteiger partial charge >= 0.3 is 0 Å². The highest BCUT2D eigenvalue weighted by molar-refractivity contribution is 5.34. The number of nitrogens with zero attached hydrogens (tertiary/aromatic N) is 2. The molecule has 0 saturated carbocycles. The van der Waals surface area contributed by atoms with Gasteiger partial charge < -0.3 is 9.47 Å². The molecule has 0 aromatic heterocycles. The molecule has 0 aliphatic carbocycles. The van der Waals surface area contributed by atoms with Crippen LogP contribution in [0.1, 0.15) is 32.4 Å². The van der Waals surface area contributed by atoms with E-state index in [1.807, 2.05) is 0 Å². The van der Waals surface area contributed by atoms with Crippen molar-refractivity contribution in [1.82, 2.24) is 9.80 Å². The average Bonchev–Trinajstić information content (AvgIpc) is 2.68. The van der Waals surface area contributed by atoms with E-state index >= 15 is 0 Å². The number of rotatable bonds is 5. The van der Waals surface area contributed by atoms with Crippen LogP contribution in [-0.2, 0) is 9.47 Å². The molecule has 0 radical (unpaired) electrons. The molecule has 2 saturated heterocycles. The number of hydrogen-bond donors (Lipinski definition) is 0. The van der Waals surface area contributed by atoms with Gasteiger partial charge in [-0.15, -0.1) is 0 Å². The molecule has 1 unspecified atom stereocenters. The van der Waals surface area contributed by atoms with E-state index < -0.39 is 0 Å². The predicted molar refractivity (Wildman–Crippen MR) is 102 cm³/mol. The quantitative estimate of drug-likeness (QED) is 0.766. The van der Waals surface area contributed by atoms with Crippen LogP contribution in [0, 0.1) is 0 Å². The first-order chi connectivity index (χ1) is 12.1. The molecule has 2 aliphatic rings. The molecule has 3 rings (SSSR count). The zero-order valence-electron chi connectivity index (χ0n) is 15.9. The highest BCUT2D eigenvalue weighted by Gasteiger charge is 2.38. The van der Waals surface area contributed by atoms with Crippen LogP contribution in [0.15, 0.2) is 42.0 Å². The molecule has 0 spiro atoms. The summed E-state index contributed by atoms with van der Waals surface area (Å²) in [4.78, 5) is 5.15. The molecule has 1 aromatic rings. The topological polar surface area (TPSA) is 24.9 Å². The monoisotopic (exact) mass is 344 g/mol. The molecule has 4 heteroatoms. The maximum Gasteiger partial charge on any atom is 0.0594 e. The van der Waals surface area contributed by atoms with E-state index in [2.05, 4.69) is 67.0 Å². The van der Waals surface area contributed by atoms with Crippen LogP contribution in [0.5, 0.6) is 0 Å². The lowest BCUT2D eigenvalue weighted by molar-refractivity contribution is -0.0113. The Labute approximate surface area is 152 Å². The van der Waals surface area contributed by atoms with Gasteiger partial charge in [-0.05, 0) is 31.9 Å². The number of morpholine rings is 2. The molecular formula is C21H32N2O2. The fourth-order valence-electron chi connectivity index (χ4n) is 4.21. The molecular weight excluding hydrogens is 312 g/mol. The Morgan fingerprint density at radius 1 is 0.960 bits per heavy atom. The largest absolute Gasteiger partial charge is 0.379 e. The number of ether oxygens (including phenoxy) is 2. The van der Waals surface area contributed by atoms with Crippen LogP contribution in [0.4, 0.5) is 0 Å².